The highest BCUT2D eigenvalue weighted by Crippen LogP contribution is 2.34. The van der Waals surface area contributed by atoms with Crippen LogP contribution in [0.1, 0.15) is 57.9 Å². The molecule has 1 aliphatic carbocycles. The van der Waals surface area contributed by atoms with Gasteiger partial charge < -0.3 is 9.64 Å². The molecule has 0 bridgehead atoms. The molecule has 5 nitrogen and oxygen atoms in total. The Balaban J connectivity index is 1.56. The van der Waals surface area contributed by atoms with Gasteiger partial charge in [-0.05, 0) is 70.1 Å². The summed E-state index contributed by atoms with van der Waals surface area (Å²) in [6, 6.07) is 7.96. The molecule has 0 unspecified atom stereocenters. The van der Waals surface area contributed by atoms with Gasteiger partial charge in [0.05, 0.1) is 0 Å². The van der Waals surface area contributed by atoms with Gasteiger partial charge in [-0.3, -0.25) is 10.1 Å². The molecule has 1 N–H and O–H groups in total. The van der Waals surface area contributed by atoms with Crippen LogP contribution in [0.25, 0.3) is 0 Å². The topological polar surface area (TPSA) is 58.6 Å². The van der Waals surface area contributed by atoms with Crippen molar-refractivity contribution in [1.82, 2.24) is 4.90 Å². The van der Waals surface area contributed by atoms with Crippen molar-refractivity contribution in [3.8, 4) is 0 Å². The first-order valence-corrected chi connectivity index (χ1v) is 9.20. The van der Waals surface area contributed by atoms with Crippen LogP contribution in [-0.2, 0) is 9.53 Å². The second kappa shape index (κ2) is 7.06. The van der Waals surface area contributed by atoms with Crippen molar-refractivity contribution in [3.63, 3.8) is 0 Å². The standard InChI is InChI=1S/C20H28N2O3/c1-20(2,3)25-19(24)21-17-6-4-5-16(13-17)14-9-11-22(12-10-14)18(23)15-7-8-15/h4-6,13-15H,7-12H2,1-3H3,(H,21,24). The second-order valence-electron chi connectivity index (χ2n) is 8.13. The van der Waals surface area contributed by atoms with Crippen LogP contribution in [-0.4, -0.2) is 35.6 Å². The first-order chi connectivity index (χ1) is 11.8. The smallest absolute Gasteiger partial charge is 0.412 e. The SMILES string of the molecule is CC(C)(C)OC(=O)Nc1cccc(C2CCN(C(=O)C3CC3)CC2)c1. The quantitative estimate of drug-likeness (QED) is 0.896. The number of carbonyl (C=O) groups excluding carboxylic acids is 2. The number of ether oxygens (including phenoxy) is 1. The molecule has 25 heavy (non-hydrogen) atoms. The molecule has 1 aliphatic heterocycles. The van der Waals surface area contributed by atoms with Crippen molar-refractivity contribution in [1.29, 1.82) is 0 Å². The van der Waals surface area contributed by atoms with E-state index in [1.165, 1.54) is 5.56 Å². The molecular formula is C20H28N2O3. The molecule has 1 heterocycles. The van der Waals surface area contributed by atoms with Gasteiger partial charge in [0, 0.05) is 24.7 Å². The molecule has 1 aromatic rings. The predicted octanol–water partition coefficient (Wildman–Crippen LogP) is 4.15. The van der Waals surface area contributed by atoms with E-state index in [-0.39, 0.29) is 0 Å². The van der Waals surface area contributed by atoms with Crippen molar-refractivity contribution >= 4 is 17.7 Å². The van der Waals surface area contributed by atoms with E-state index in [1.54, 1.807) is 0 Å². The number of amides is 2. The number of carbonyl (C=O) groups is 2. The Morgan fingerprint density at radius 3 is 2.40 bits per heavy atom. The Bertz CT molecular complexity index is 639. The van der Waals surface area contributed by atoms with Crippen LogP contribution >= 0.6 is 0 Å². The first kappa shape index (κ1) is 17.8. The highest BCUT2D eigenvalue weighted by atomic mass is 16.6. The van der Waals surface area contributed by atoms with Gasteiger partial charge in [0.1, 0.15) is 5.60 Å². The van der Waals surface area contributed by atoms with Crippen LogP contribution in [0.5, 0.6) is 0 Å². The van der Waals surface area contributed by atoms with Crippen molar-refractivity contribution < 1.29 is 14.3 Å². The lowest BCUT2D eigenvalue weighted by Gasteiger charge is -2.32. The molecule has 0 radical (unpaired) electrons. The minimum absolute atomic E-state index is 0.304. The lowest BCUT2D eigenvalue weighted by atomic mass is 9.89. The highest BCUT2D eigenvalue weighted by molar-refractivity contribution is 5.85. The fraction of sp³-hybridized carbons (Fsp3) is 0.600. The number of piperidine rings is 1. The number of benzene rings is 1. The summed E-state index contributed by atoms with van der Waals surface area (Å²) >= 11 is 0. The Morgan fingerprint density at radius 1 is 1.12 bits per heavy atom. The van der Waals surface area contributed by atoms with Crippen LogP contribution in [0.3, 0.4) is 0 Å². The van der Waals surface area contributed by atoms with E-state index in [2.05, 4.69) is 11.4 Å². The fourth-order valence-corrected chi connectivity index (χ4v) is 3.31. The lowest BCUT2D eigenvalue weighted by Crippen LogP contribution is -2.38. The summed E-state index contributed by atoms with van der Waals surface area (Å²) in [6.45, 7) is 7.21. The summed E-state index contributed by atoms with van der Waals surface area (Å²) in [5.41, 5.74) is 1.46. The molecule has 2 amide bonds. The number of hydrogen-bond acceptors (Lipinski definition) is 3. The van der Waals surface area contributed by atoms with Crippen LogP contribution in [0, 0.1) is 5.92 Å². The van der Waals surface area contributed by atoms with E-state index in [9.17, 15) is 9.59 Å². The maximum atomic E-state index is 12.2. The Labute approximate surface area is 149 Å². The van der Waals surface area contributed by atoms with Crippen molar-refractivity contribution in [2.24, 2.45) is 5.92 Å². The zero-order valence-electron chi connectivity index (χ0n) is 15.4. The Hall–Kier alpha value is -2.04. The number of rotatable bonds is 3. The second-order valence-corrected chi connectivity index (χ2v) is 8.13. The number of nitrogens with zero attached hydrogens (tertiary/aromatic N) is 1. The molecule has 0 spiro atoms. The van der Waals surface area contributed by atoms with Gasteiger partial charge in [0.15, 0.2) is 0 Å². The largest absolute Gasteiger partial charge is 0.444 e. The summed E-state index contributed by atoms with van der Waals surface area (Å²) in [4.78, 5) is 26.1. The maximum Gasteiger partial charge on any atom is 0.412 e. The van der Waals surface area contributed by atoms with Crippen LogP contribution in [0.4, 0.5) is 10.5 Å². The fourth-order valence-electron chi connectivity index (χ4n) is 3.31. The van der Waals surface area contributed by atoms with Gasteiger partial charge >= 0.3 is 6.09 Å². The van der Waals surface area contributed by atoms with Crippen molar-refractivity contribution in [2.75, 3.05) is 18.4 Å². The zero-order valence-corrected chi connectivity index (χ0v) is 15.4. The molecule has 2 fully saturated rings. The van der Waals surface area contributed by atoms with Crippen LogP contribution in [0.2, 0.25) is 0 Å². The van der Waals surface area contributed by atoms with E-state index < -0.39 is 11.7 Å². The van der Waals surface area contributed by atoms with Crippen LogP contribution < -0.4 is 5.32 Å². The molecule has 5 heteroatoms. The Morgan fingerprint density at radius 2 is 1.80 bits per heavy atom. The van der Waals surface area contributed by atoms with Gasteiger partial charge in [0.25, 0.3) is 0 Å². The normalized spacial score (nSPS) is 18.8. The van der Waals surface area contributed by atoms with E-state index >= 15 is 0 Å². The predicted molar refractivity (Wildman–Crippen MR) is 97.6 cm³/mol. The molecule has 1 saturated heterocycles. The van der Waals surface area contributed by atoms with Gasteiger partial charge in [0.2, 0.25) is 5.91 Å². The summed E-state index contributed by atoms with van der Waals surface area (Å²) in [5.74, 6) is 1.08. The molecule has 3 rings (SSSR count). The maximum absolute atomic E-state index is 12.2. The van der Waals surface area contributed by atoms with Crippen LogP contribution in [0.15, 0.2) is 24.3 Å². The zero-order chi connectivity index (χ0) is 18.0. The molecule has 2 aliphatic rings. The number of nitrogens with one attached hydrogen (secondary N) is 1. The first-order valence-electron chi connectivity index (χ1n) is 9.20. The number of likely N-dealkylation sites (tertiary alicyclic amines) is 1. The third kappa shape index (κ3) is 4.97. The number of anilines is 1. The van der Waals surface area contributed by atoms with Gasteiger partial charge in [-0.1, -0.05) is 12.1 Å². The molecule has 0 atom stereocenters. The number of hydrogen-bond donors (Lipinski definition) is 1. The average Bonchev–Trinajstić information content (AvgIpc) is 3.37. The summed E-state index contributed by atoms with van der Waals surface area (Å²) in [6.07, 6.45) is 3.66. The molecule has 1 aromatic carbocycles. The lowest BCUT2D eigenvalue weighted by molar-refractivity contribution is -0.133. The van der Waals surface area contributed by atoms with Crippen molar-refractivity contribution in [3.05, 3.63) is 29.8 Å². The van der Waals surface area contributed by atoms with Gasteiger partial charge in [-0.25, -0.2) is 4.79 Å². The average molecular weight is 344 g/mol. The third-order valence-electron chi connectivity index (χ3n) is 4.74. The minimum atomic E-state index is -0.511. The monoisotopic (exact) mass is 344 g/mol. The van der Waals surface area contributed by atoms with E-state index in [0.29, 0.717) is 17.7 Å². The molecule has 1 saturated carbocycles. The molecular weight excluding hydrogens is 316 g/mol. The van der Waals surface area contributed by atoms with Gasteiger partial charge in [-0.15, -0.1) is 0 Å². The molecule has 0 aromatic heterocycles. The third-order valence-corrected chi connectivity index (χ3v) is 4.74. The minimum Gasteiger partial charge on any atom is -0.444 e. The van der Waals surface area contributed by atoms with E-state index in [1.807, 2.05) is 43.9 Å². The van der Waals surface area contributed by atoms with Crippen molar-refractivity contribution in [2.45, 2.75) is 58.0 Å². The van der Waals surface area contributed by atoms with E-state index in [4.69, 9.17) is 4.74 Å². The summed E-state index contributed by atoms with van der Waals surface area (Å²) < 4.78 is 5.30. The van der Waals surface area contributed by atoms with E-state index in [0.717, 1.165) is 44.5 Å². The van der Waals surface area contributed by atoms with Gasteiger partial charge in [-0.2, -0.15) is 0 Å². The summed E-state index contributed by atoms with van der Waals surface area (Å²) in [7, 11) is 0. The summed E-state index contributed by atoms with van der Waals surface area (Å²) in [5, 5.41) is 2.80. The Kier molecular flexibility index (Phi) is 5.02. The molecule has 136 valence electrons. The highest BCUT2D eigenvalue weighted by Gasteiger charge is 2.35.